The van der Waals surface area contributed by atoms with Crippen LogP contribution in [0.4, 0.5) is 17.6 Å². The van der Waals surface area contributed by atoms with E-state index in [1.807, 2.05) is 6.92 Å². The standard InChI is InChI=1S/C24H23F4N3O/c1-3-30-11-5-8-17(13-30)31-23-21(28)19(26)18(25)20(27)22(23)29-24(31)16-7-4-6-15(12-16)10-9-14(2)32/h4,6-7,9-10,12,17H,3,5,8,11,13H2,1-2H3/b10-9+. The average Bonchev–Trinajstić information content (AvgIpc) is 3.21. The molecule has 4 rings (SSSR count). The van der Waals surface area contributed by atoms with E-state index in [2.05, 4.69) is 9.88 Å². The average molecular weight is 445 g/mol. The van der Waals surface area contributed by atoms with Crippen LogP contribution >= 0.6 is 0 Å². The lowest BCUT2D eigenvalue weighted by Gasteiger charge is -2.33. The number of carbonyl (C=O) groups excluding carboxylic acids is 1. The van der Waals surface area contributed by atoms with Gasteiger partial charge in [0.2, 0.25) is 0 Å². The third kappa shape index (κ3) is 3.95. The van der Waals surface area contributed by atoms with Gasteiger partial charge in [-0.2, -0.15) is 0 Å². The Morgan fingerprint density at radius 3 is 2.62 bits per heavy atom. The van der Waals surface area contributed by atoms with E-state index in [4.69, 9.17) is 0 Å². The molecule has 4 nitrogen and oxygen atoms in total. The summed E-state index contributed by atoms with van der Waals surface area (Å²) in [4.78, 5) is 17.7. The maximum absolute atomic E-state index is 14.9. The minimum Gasteiger partial charge on any atom is -0.317 e. The predicted octanol–water partition coefficient (Wildman–Crippen LogP) is 5.52. The van der Waals surface area contributed by atoms with E-state index in [0.717, 1.165) is 19.5 Å². The van der Waals surface area contributed by atoms with Gasteiger partial charge < -0.3 is 9.47 Å². The topological polar surface area (TPSA) is 38.1 Å². The van der Waals surface area contributed by atoms with E-state index in [1.54, 1.807) is 30.3 Å². The Labute approximate surface area is 183 Å². The van der Waals surface area contributed by atoms with Gasteiger partial charge >= 0.3 is 0 Å². The summed E-state index contributed by atoms with van der Waals surface area (Å²) in [6.45, 7) is 5.65. The van der Waals surface area contributed by atoms with Crippen molar-refractivity contribution in [2.24, 2.45) is 0 Å². The highest BCUT2D eigenvalue weighted by Crippen LogP contribution is 2.36. The Morgan fingerprint density at radius 1 is 1.16 bits per heavy atom. The number of ketones is 1. The lowest BCUT2D eigenvalue weighted by molar-refractivity contribution is -0.112. The second-order valence-corrected chi connectivity index (χ2v) is 8.02. The van der Waals surface area contributed by atoms with Crippen molar-refractivity contribution in [3.8, 4) is 11.4 Å². The van der Waals surface area contributed by atoms with Crippen LogP contribution in [0.1, 0.15) is 38.3 Å². The highest BCUT2D eigenvalue weighted by molar-refractivity contribution is 5.91. The summed E-state index contributed by atoms with van der Waals surface area (Å²) < 4.78 is 59.2. The second-order valence-electron chi connectivity index (χ2n) is 8.02. The van der Waals surface area contributed by atoms with E-state index >= 15 is 0 Å². The summed E-state index contributed by atoms with van der Waals surface area (Å²) in [6.07, 6.45) is 4.52. The Kier molecular flexibility index (Phi) is 6.15. The number of fused-ring (bicyclic) bond motifs is 1. The molecule has 0 N–H and O–H groups in total. The maximum atomic E-state index is 14.9. The van der Waals surface area contributed by atoms with Crippen LogP contribution < -0.4 is 0 Å². The normalized spacial score (nSPS) is 17.5. The Hall–Kier alpha value is -3.00. The second kappa shape index (κ2) is 8.86. The molecule has 168 valence electrons. The van der Waals surface area contributed by atoms with Crippen molar-refractivity contribution in [3.63, 3.8) is 0 Å². The van der Waals surface area contributed by atoms with E-state index in [1.165, 1.54) is 17.6 Å². The molecular formula is C24H23F4N3O. The Bertz CT molecular complexity index is 1220. The molecule has 0 bridgehead atoms. The van der Waals surface area contributed by atoms with E-state index in [-0.39, 0.29) is 23.2 Å². The van der Waals surface area contributed by atoms with Crippen LogP contribution in [0.3, 0.4) is 0 Å². The Morgan fingerprint density at radius 2 is 1.91 bits per heavy atom. The third-order valence-corrected chi connectivity index (χ3v) is 5.85. The first-order valence-corrected chi connectivity index (χ1v) is 10.6. The number of hydrogen-bond donors (Lipinski definition) is 0. The van der Waals surface area contributed by atoms with Crippen LogP contribution in [0.25, 0.3) is 28.5 Å². The molecule has 1 fully saturated rings. The molecule has 32 heavy (non-hydrogen) atoms. The van der Waals surface area contributed by atoms with Gasteiger partial charge in [-0.3, -0.25) is 4.79 Å². The van der Waals surface area contributed by atoms with Gasteiger partial charge in [-0.1, -0.05) is 31.2 Å². The fraction of sp³-hybridized carbons (Fsp3) is 0.333. The van der Waals surface area contributed by atoms with Crippen molar-refractivity contribution in [2.75, 3.05) is 19.6 Å². The number of imidazole rings is 1. The number of benzene rings is 2. The van der Waals surface area contributed by atoms with Crippen molar-refractivity contribution >= 4 is 22.9 Å². The number of likely N-dealkylation sites (tertiary alicyclic amines) is 1. The largest absolute Gasteiger partial charge is 0.317 e. The molecule has 1 aliphatic heterocycles. The number of halogens is 4. The molecule has 2 heterocycles. The van der Waals surface area contributed by atoms with Gasteiger partial charge in [-0.05, 0) is 50.6 Å². The molecule has 1 aromatic heterocycles. The van der Waals surface area contributed by atoms with Gasteiger partial charge in [0.1, 0.15) is 16.9 Å². The highest BCUT2D eigenvalue weighted by Gasteiger charge is 2.31. The number of aromatic nitrogens is 2. The van der Waals surface area contributed by atoms with Gasteiger partial charge in [-0.25, -0.2) is 22.5 Å². The predicted molar refractivity (Wildman–Crippen MR) is 115 cm³/mol. The quantitative estimate of drug-likeness (QED) is 0.225. The van der Waals surface area contributed by atoms with Crippen LogP contribution in [0.2, 0.25) is 0 Å². The van der Waals surface area contributed by atoms with E-state index < -0.39 is 28.8 Å². The third-order valence-electron chi connectivity index (χ3n) is 5.85. The van der Waals surface area contributed by atoms with Crippen molar-refractivity contribution < 1.29 is 22.4 Å². The van der Waals surface area contributed by atoms with Gasteiger partial charge in [-0.15, -0.1) is 0 Å². The number of likely N-dealkylation sites (N-methyl/N-ethyl adjacent to an activating group) is 1. The fourth-order valence-corrected chi connectivity index (χ4v) is 4.28. The van der Waals surface area contributed by atoms with Crippen LogP contribution in [-0.4, -0.2) is 39.9 Å². The summed E-state index contributed by atoms with van der Waals surface area (Å²) in [5.74, 6) is -6.57. The van der Waals surface area contributed by atoms with Gasteiger partial charge in [0.05, 0.1) is 0 Å². The van der Waals surface area contributed by atoms with E-state index in [0.29, 0.717) is 24.1 Å². The van der Waals surface area contributed by atoms with Gasteiger partial charge in [0.15, 0.2) is 29.1 Å². The lowest BCUT2D eigenvalue weighted by Crippen LogP contribution is -2.36. The molecule has 0 radical (unpaired) electrons. The number of allylic oxidation sites excluding steroid dienone is 1. The summed E-state index contributed by atoms with van der Waals surface area (Å²) in [5.41, 5.74) is 0.312. The molecule has 8 heteroatoms. The van der Waals surface area contributed by atoms with Gasteiger partial charge in [0, 0.05) is 18.2 Å². The van der Waals surface area contributed by atoms with Crippen molar-refractivity contribution in [1.82, 2.24) is 14.5 Å². The lowest BCUT2D eigenvalue weighted by atomic mass is 10.0. The molecule has 0 amide bonds. The minimum absolute atomic E-state index is 0.125. The summed E-state index contributed by atoms with van der Waals surface area (Å²) in [7, 11) is 0. The maximum Gasteiger partial charge on any atom is 0.199 e. The van der Waals surface area contributed by atoms with Gasteiger partial charge in [0.25, 0.3) is 0 Å². The summed E-state index contributed by atoms with van der Waals surface area (Å²) >= 11 is 0. The van der Waals surface area contributed by atoms with E-state index in [9.17, 15) is 22.4 Å². The zero-order chi connectivity index (χ0) is 23.0. The molecular weight excluding hydrogens is 422 g/mol. The SMILES string of the molecule is CCN1CCCC(n2c(-c3cccc(/C=C/C(C)=O)c3)nc3c(F)c(F)c(F)c(F)c32)C1. The Balaban J connectivity index is 1.96. The molecule has 1 aliphatic rings. The first kappa shape index (κ1) is 22.2. The molecule has 3 aromatic rings. The van der Waals surface area contributed by atoms with Crippen molar-refractivity contribution in [1.29, 1.82) is 0 Å². The fourth-order valence-electron chi connectivity index (χ4n) is 4.28. The number of carbonyl (C=O) groups is 1. The number of rotatable bonds is 5. The molecule has 1 atom stereocenters. The molecule has 1 saturated heterocycles. The molecule has 0 saturated carbocycles. The first-order valence-electron chi connectivity index (χ1n) is 10.6. The molecule has 0 aliphatic carbocycles. The minimum atomic E-state index is -1.87. The smallest absolute Gasteiger partial charge is 0.199 e. The van der Waals surface area contributed by atoms with Crippen LogP contribution in [0.5, 0.6) is 0 Å². The van der Waals surface area contributed by atoms with Crippen LogP contribution in [-0.2, 0) is 4.79 Å². The molecule has 0 spiro atoms. The summed E-state index contributed by atoms with van der Waals surface area (Å²) in [6, 6.07) is 6.65. The molecule has 1 unspecified atom stereocenters. The molecule has 2 aromatic carbocycles. The van der Waals surface area contributed by atoms with Crippen LogP contribution in [0.15, 0.2) is 30.3 Å². The van der Waals surface area contributed by atoms with Crippen molar-refractivity contribution in [3.05, 3.63) is 59.2 Å². The first-order chi connectivity index (χ1) is 15.3. The zero-order valence-electron chi connectivity index (χ0n) is 17.8. The highest BCUT2D eigenvalue weighted by atomic mass is 19.2. The monoisotopic (exact) mass is 445 g/mol. The van der Waals surface area contributed by atoms with Crippen molar-refractivity contribution in [2.45, 2.75) is 32.7 Å². The number of piperidine rings is 1. The van der Waals surface area contributed by atoms with Crippen LogP contribution in [0, 0.1) is 23.3 Å². The number of hydrogen-bond acceptors (Lipinski definition) is 3. The zero-order valence-corrected chi connectivity index (χ0v) is 17.8. The number of nitrogens with zero attached hydrogens (tertiary/aromatic N) is 3. The summed E-state index contributed by atoms with van der Waals surface area (Å²) in [5, 5.41) is 0.